The van der Waals surface area contributed by atoms with Gasteiger partial charge in [-0.25, -0.2) is 0 Å². The third kappa shape index (κ3) is 0.805. The summed E-state index contributed by atoms with van der Waals surface area (Å²) in [5.74, 6) is 0. The summed E-state index contributed by atoms with van der Waals surface area (Å²) in [5.41, 5.74) is 2.20. The van der Waals surface area contributed by atoms with Gasteiger partial charge in [0.05, 0.1) is 0 Å². The fourth-order valence-corrected chi connectivity index (χ4v) is 0.318. The Morgan fingerprint density at radius 3 is 2.43 bits per heavy atom. The molecule has 0 amide bonds. The number of rotatable bonds is 1. The molecule has 2 unspecified atom stereocenters. The minimum atomic E-state index is -2.16. The van der Waals surface area contributed by atoms with E-state index < -0.39 is 16.1 Å². The number of hydroxylamine groups is 1. The molecule has 4 nitrogen and oxygen atoms in total. The van der Waals surface area contributed by atoms with Gasteiger partial charge in [-0.05, 0) is 18.0 Å². The molecule has 0 bridgehead atoms. The molecule has 0 saturated carbocycles. The highest BCUT2D eigenvalue weighted by atomic mass is 32.2. The highest BCUT2D eigenvalue weighted by Crippen LogP contribution is 2.20. The van der Waals surface area contributed by atoms with Crippen LogP contribution in [0.25, 0.3) is 0 Å². The molecule has 1 aliphatic rings. The van der Waals surface area contributed by atoms with E-state index in [2.05, 4.69) is 10.3 Å². The predicted octanol–water partition coefficient (Wildman–Crippen LogP) is -0.926. The van der Waals surface area contributed by atoms with Crippen molar-refractivity contribution in [3.63, 3.8) is 0 Å². The van der Waals surface area contributed by atoms with Crippen molar-refractivity contribution in [2.75, 3.05) is 0 Å². The molecule has 1 rings (SSSR count). The van der Waals surface area contributed by atoms with E-state index in [0.29, 0.717) is 0 Å². The molecule has 7 heavy (non-hydrogen) atoms. The third-order valence-electron chi connectivity index (χ3n) is 0.708. The van der Waals surface area contributed by atoms with Crippen LogP contribution in [0, 0.1) is 0 Å². The molecule has 1 heterocycles. The van der Waals surface area contributed by atoms with E-state index in [4.69, 9.17) is 0 Å². The Kier molecular flexibility index (Phi) is 0.927. The van der Waals surface area contributed by atoms with Crippen LogP contribution in [0.2, 0.25) is 0 Å². The maximum atomic E-state index is 9.90. The minimum Gasteiger partial charge on any atom is -0.769 e. The van der Waals surface area contributed by atoms with Crippen LogP contribution in [0.1, 0.15) is 6.92 Å². The fraction of sp³-hybridized carbons (Fsp3) is 1.00. The summed E-state index contributed by atoms with van der Waals surface area (Å²) in [6, 6.07) is 0. The standard InChI is InChI=1S/C2H5NO3S/c1-2(3-6-2)7(4)5/h3H,1H3,(H,4,5)/p-1. The first-order chi connectivity index (χ1) is 3.15. The van der Waals surface area contributed by atoms with E-state index >= 15 is 0 Å². The lowest BCUT2D eigenvalue weighted by atomic mass is 10.8. The van der Waals surface area contributed by atoms with Gasteiger partial charge in [0, 0.05) is 0 Å². The van der Waals surface area contributed by atoms with Gasteiger partial charge >= 0.3 is 0 Å². The molecule has 42 valence electrons. The van der Waals surface area contributed by atoms with Crippen LogP contribution in [0.5, 0.6) is 0 Å². The molecule has 0 radical (unpaired) electrons. The van der Waals surface area contributed by atoms with Crippen LogP contribution in [0.15, 0.2) is 0 Å². The maximum Gasteiger partial charge on any atom is 0.221 e. The van der Waals surface area contributed by atoms with Crippen molar-refractivity contribution >= 4 is 11.1 Å². The number of hydrogen-bond acceptors (Lipinski definition) is 4. The molecule has 5 heteroatoms. The monoisotopic (exact) mass is 122 g/mol. The highest BCUT2D eigenvalue weighted by Gasteiger charge is 2.40. The van der Waals surface area contributed by atoms with E-state index in [1.807, 2.05) is 0 Å². The Balaban J connectivity index is 2.55. The Bertz CT molecular complexity index is 110. The quantitative estimate of drug-likeness (QED) is 0.360. The predicted molar refractivity (Wildman–Crippen MR) is 21.5 cm³/mol. The zero-order chi connectivity index (χ0) is 5.49. The Morgan fingerprint density at radius 2 is 2.43 bits per heavy atom. The zero-order valence-electron chi connectivity index (χ0n) is 3.63. The summed E-state index contributed by atoms with van der Waals surface area (Å²) < 4.78 is 19.8. The summed E-state index contributed by atoms with van der Waals surface area (Å²) in [4.78, 5) is 4.29. The van der Waals surface area contributed by atoms with Crippen molar-refractivity contribution in [1.29, 1.82) is 0 Å². The lowest BCUT2D eigenvalue weighted by Gasteiger charge is -2.03. The molecule has 0 aliphatic carbocycles. The lowest BCUT2D eigenvalue weighted by molar-refractivity contribution is 0.349. The van der Waals surface area contributed by atoms with E-state index in [-0.39, 0.29) is 0 Å². The van der Waals surface area contributed by atoms with E-state index in [9.17, 15) is 8.76 Å². The van der Waals surface area contributed by atoms with Crippen molar-refractivity contribution in [3.05, 3.63) is 0 Å². The van der Waals surface area contributed by atoms with Gasteiger partial charge in [0.2, 0.25) is 5.06 Å². The van der Waals surface area contributed by atoms with Crippen LogP contribution in [0.4, 0.5) is 0 Å². The fourth-order valence-electron chi connectivity index (χ4n) is 0.140. The Labute approximate surface area is 43.1 Å². The van der Waals surface area contributed by atoms with Gasteiger partial charge in [-0.2, -0.15) is 5.48 Å². The van der Waals surface area contributed by atoms with Gasteiger partial charge in [0.1, 0.15) is 0 Å². The second-order valence-corrected chi connectivity index (χ2v) is 2.63. The second-order valence-electron chi connectivity index (χ2n) is 1.38. The molecule has 1 fully saturated rings. The highest BCUT2D eigenvalue weighted by molar-refractivity contribution is 7.80. The van der Waals surface area contributed by atoms with Gasteiger partial charge in [-0.1, -0.05) is 0 Å². The Morgan fingerprint density at radius 1 is 2.00 bits per heavy atom. The molecule has 1 aliphatic heterocycles. The first kappa shape index (κ1) is 5.17. The SMILES string of the molecule is CC1(S(=O)[O-])NO1. The summed E-state index contributed by atoms with van der Waals surface area (Å²) in [6.07, 6.45) is 0. The maximum absolute atomic E-state index is 9.90. The topological polar surface area (TPSA) is 74.6 Å². The number of hydrogen-bond donors (Lipinski definition) is 1. The second kappa shape index (κ2) is 1.25. The van der Waals surface area contributed by atoms with Crippen LogP contribution >= 0.6 is 0 Å². The van der Waals surface area contributed by atoms with Crippen molar-refractivity contribution in [3.8, 4) is 0 Å². The van der Waals surface area contributed by atoms with Gasteiger partial charge in [-0.3, -0.25) is 9.05 Å². The zero-order valence-corrected chi connectivity index (χ0v) is 4.45. The molecule has 2 atom stereocenters. The molecular formula is C2H4NO3S-. The van der Waals surface area contributed by atoms with E-state index in [0.717, 1.165) is 0 Å². The van der Waals surface area contributed by atoms with Crippen LogP contribution in [-0.4, -0.2) is 13.8 Å². The van der Waals surface area contributed by atoms with Crippen LogP contribution < -0.4 is 5.48 Å². The first-order valence-electron chi connectivity index (χ1n) is 1.70. The minimum absolute atomic E-state index is 1.08. The smallest absolute Gasteiger partial charge is 0.221 e. The van der Waals surface area contributed by atoms with E-state index in [1.165, 1.54) is 6.92 Å². The molecule has 1 N–H and O–H groups in total. The van der Waals surface area contributed by atoms with Crippen LogP contribution in [0.3, 0.4) is 0 Å². The first-order valence-corrected chi connectivity index (χ1v) is 2.77. The Hall–Kier alpha value is 0.0300. The van der Waals surface area contributed by atoms with Crippen molar-refractivity contribution < 1.29 is 13.6 Å². The lowest BCUT2D eigenvalue weighted by Crippen LogP contribution is -2.15. The molecule has 0 aromatic carbocycles. The average Bonchev–Trinajstić information content (AvgIpc) is 2.21. The molecule has 0 aromatic heterocycles. The summed E-state index contributed by atoms with van der Waals surface area (Å²) in [7, 11) is 0. The van der Waals surface area contributed by atoms with Gasteiger partial charge in [-0.15, -0.1) is 0 Å². The normalized spacial score (nSPS) is 43.1. The number of nitrogens with one attached hydrogen (secondary N) is 1. The van der Waals surface area contributed by atoms with Crippen LogP contribution in [-0.2, 0) is 15.9 Å². The average molecular weight is 122 g/mol. The summed E-state index contributed by atoms with van der Waals surface area (Å²) in [5, 5.41) is -1.08. The third-order valence-corrected chi connectivity index (χ3v) is 1.51. The largest absolute Gasteiger partial charge is 0.769 e. The van der Waals surface area contributed by atoms with Crippen molar-refractivity contribution in [1.82, 2.24) is 5.48 Å². The van der Waals surface area contributed by atoms with Crippen molar-refractivity contribution in [2.45, 2.75) is 12.0 Å². The van der Waals surface area contributed by atoms with E-state index in [1.54, 1.807) is 0 Å². The molecule has 1 saturated heterocycles. The summed E-state index contributed by atoms with van der Waals surface area (Å²) in [6.45, 7) is 1.43. The van der Waals surface area contributed by atoms with Gasteiger partial charge in [0.25, 0.3) is 0 Å². The van der Waals surface area contributed by atoms with Crippen molar-refractivity contribution in [2.24, 2.45) is 0 Å². The molecular weight excluding hydrogens is 118 g/mol. The summed E-state index contributed by atoms with van der Waals surface area (Å²) >= 11 is -2.16. The van der Waals surface area contributed by atoms with Gasteiger partial charge in [0.15, 0.2) is 0 Å². The van der Waals surface area contributed by atoms with Gasteiger partial charge < -0.3 is 4.55 Å². The molecule has 0 spiro atoms. The molecule has 0 aromatic rings.